The van der Waals surface area contributed by atoms with Crippen LogP contribution in [0.4, 0.5) is 0 Å². The molecule has 6 aromatic rings. The summed E-state index contributed by atoms with van der Waals surface area (Å²) in [6.07, 6.45) is 3.24. The van der Waals surface area contributed by atoms with Gasteiger partial charge >= 0.3 is 0 Å². The van der Waals surface area contributed by atoms with Crippen molar-refractivity contribution < 1.29 is 14.0 Å². The highest BCUT2D eigenvalue weighted by Crippen LogP contribution is 2.49. The second-order valence-corrected chi connectivity index (χ2v) is 9.18. The molecule has 10 nitrogen and oxygen atoms in total. The fourth-order valence-corrected chi connectivity index (χ4v) is 4.89. The molecule has 0 saturated carbocycles. The second-order valence-electron chi connectivity index (χ2n) is 9.18. The van der Waals surface area contributed by atoms with E-state index in [2.05, 4.69) is 15.2 Å². The van der Waals surface area contributed by atoms with Gasteiger partial charge in [0.05, 0.1) is 40.4 Å². The molecule has 192 valence electrons. The summed E-state index contributed by atoms with van der Waals surface area (Å²) in [7, 11) is 0. The predicted molar refractivity (Wildman–Crippen MR) is 142 cm³/mol. The number of hydrogen-bond donors (Lipinski definition) is 0. The molecule has 7 rings (SSSR count). The second kappa shape index (κ2) is 9.25. The molecular formula is C29H23N7O3. The van der Waals surface area contributed by atoms with Gasteiger partial charge in [0.25, 0.3) is 0 Å². The minimum absolute atomic E-state index is 0.100. The van der Waals surface area contributed by atoms with Crippen LogP contribution in [0.25, 0.3) is 11.3 Å². The number of benzene rings is 2. The standard InChI is InChI=1S/C29H23N7O3/c1-18(20-10-5-3-6-11-20)34-38-16-23-31-27-26-25(22-14-9-15-37-22)24-19(2)32-36(21-12-7-4-8-13-21)29(24)39-28(26)30-17-35(27)33-23/h3-15,17,25H,16H2,1-2H3/b34-18-. The number of aromatic nitrogens is 6. The lowest BCUT2D eigenvalue weighted by Gasteiger charge is -2.24. The number of hydrogen-bond acceptors (Lipinski definition) is 8. The Morgan fingerprint density at radius 2 is 1.77 bits per heavy atom. The largest absolute Gasteiger partial charge is 0.468 e. The maximum absolute atomic E-state index is 6.40. The summed E-state index contributed by atoms with van der Waals surface area (Å²) in [6, 6.07) is 23.5. The van der Waals surface area contributed by atoms with Gasteiger partial charge in [0.1, 0.15) is 12.1 Å². The van der Waals surface area contributed by atoms with Gasteiger partial charge in [-0.1, -0.05) is 53.7 Å². The maximum Gasteiger partial charge on any atom is 0.230 e. The molecule has 1 unspecified atom stereocenters. The van der Waals surface area contributed by atoms with Gasteiger partial charge in [-0.2, -0.15) is 5.10 Å². The van der Waals surface area contributed by atoms with E-state index in [4.69, 9.17) is 24.1 Å². The van der Waals surface area contributed by atoms with Crippen LogP contribution >= 0.6 is 0 Å². The molecule has 0 saturated heterocycles. The Hall–Kier alpha value is -5.25. The minimum atomic E-state index is -0.344. The molecule has 0 N–H and O–H groups in total. The van der Waals surface area contributed by atoms with E-state index in [1.54, 1.807) is 21.8 Å². The number of para-hydroxylation sites is 1. The van der Waals surface area contributed by atoms with Gasteiger partial charge in [0.15, 0.2) is 18.1 Å². The highest BCUT2D eigenvalue weighted by molar-refractivity contribution is 5.98. The fourth-order valence-electron chi connectivity index (χ4n) is 4.89. The first-order valence-electron chi connectivity index (χ1n) is 12.5. The molecule has 1 aliphatic rings. The minimum Gasteiger partial charge on any atom is -0.468 e. The van der Waals surface area contributed by atoms with Crippen molar-refractivity contribution in [2.24, 2.45) is 5.16 Å². The predicted octanol–water partition coefficient (Wildman–Crippen LogP) is 5.44. The number of aryl methyl sites for hydroxylation is 1. The molecule has 0 aliphatic carbocycles. The van der Waals surface area contributed by atoms with Crippen LogP contribution in [0.2, 0.25) is 0 Å². The summed E-state index contributed by atoms with van der Waals surface area (Å²) in [5.41, 5.74) is 5.69. The van der Waals surface area contributed by atoms with Crippen molar-refractivity contribution in [1.82, 2.24) is 29.4 Å². The summed E-state index contributed by atoms with van der Waals surface area (Å²) in [5, 5.41) is 13.6. The van der Waals surface area contributed by atoms with Crippen molar-refractivity contribution in [2.45, 2.75) is 26.4 Å². The monoisotopic (exact) mass is 517 g/mol. The summed E-state index contributed by atoms with van der Waals surface area (Å²) < 4.78 is 15.8. The lowest BCUT2D eigenvalue weighted by molar-refractivity contribution is 0.125. The molecule has 1 atom stereocenters. The van der Waals surface area contributed by atoms with Crippen LogP contribution in [-0.2, 0) is 11.4 Å². The molecule has 1 aliphatic heterocycles. The van der Waals surface area contributed by atoms with E-state index in [-0.39, 0.29) is 12.5 Å². The van der Waals surface area contributed by atoms with Crippen LogP contribution in [-0.4, -0.2) is 35.1 Å². The maximum atomic E-state index is 6.40. The molecule has 0 bridgehead atoms. The van der Waals surface area contributed by atoms with Gasteiger partial charge in [0.2, 0.25) is 11.8 Å². The van der Waals surface area contributed by atoms with Crippen LogP contribution in [0.5, 0.6) is 11.8 Å². The summed E-state index contributed by atoms with van der Waals surface area (Å²) in [6.45, 7) is 3.96. The van der Waals surface area contributed by atoms with E-state index in [0.29, 0.717) is 23.2 Å². The first kappa shape index (κ1) is 22.9. The van der Waals surface area contributed by atoms with Crippen molar-refractivity contribution in [3.05, 3.63) is 119 Å². The van der Waals surface area contributed by atoms with Gasteiger partial charge in [-0.3, -0.25) is 0 Å². The molecule has 0 fully saturated rings. The van der Waals surface area contributed by atoms with Gasteiger partial charge < -0.3 is 14.0 Å². The van der Waals surface area contributed by atoms with Crippen LogP contribution in [0.1, 0.15) is 46.8 Å². The number of furan rings is 1. The highest BCUT2D eigenvalue weighted by Gasteiger charge is 2.39. The normalized spacial score (nSPS) is 14.6. The van der Waals surface area contributed by atoms with Crippen LogP contribution < -0.4 is 4.74 Å². The van der Waals surface area contributed by atoms with E-state index in [9.17, 15) is 0 Å². The number of fused-ring (bicyclic) bond motifs is 4. The van der Waals surface area contributed by atoms with Crippen LogP contribution in [0.15, 0.2) is 95.0 Å². The van der Waals surface area contributed by atoms with E-state index in [1.165, 1.54) is 0 Å². The molecule has 0 radical (unpaired) electrons. The van der Waals surface area contributed by atoms with E-state index in [0.717, 1.165) is 39.5 Å². The zero-order valence-electron chi connectivity index (χ0n) is 21.2. The number of ether oxygens (including phenoxy) is 1. The molecule has 5 heterocycles. The van der Waals surface area contributed by atoms with Gasteiger partial charge in [0, 0.05) is 0 Å². The quantitative estimate of drug-likeness (QED) is 0.214. The smallest absolute Gasteiger partial charge is 0.230 e. The lowest BCUT2D eigenvalue weighted by atomic mass is 9.88. The summed E-state index contributed by atoms with van der Waals surface area (Å²) in [4.78, 5) is 15.0. The Balaban J connectivity index is 1.29. The van der Waals surface area contributed by atoms with Crippen molar-refractivity contribution >= 4 is 11.4 Å². The first-order valence-corrected chi connectivity index (χ1v) is 12.5. The molecule has 39 heavy (non-hydrogen) atoms. The third kappa shape index (κ3) is 3.93. The van der Waals surface area contributed by atoms with Crippen LogP contribution in [0, 0.1) is 6.92 Å². The van der Waals surface area contributed by atoms with Crippen molar-refractivity contribution in [3.63, 3.8) is 0 Å². The molecule has 0 spiro atoms. The van der Waals surface area contributed by atoms with Crippen molar-refractivity contribution in [3.8, 4) is 17.4 Å². The molecule has 2 aromatic carbocycles. The fraction of sp³-hybridized carbons (Fsp3) is 0.138. The zero-order valence-corrected chi connectivity index (χ0v) is 21.2. The Morgan fingerprint density at radius 1 is 0.974 bits per heavy atom. The topological polar surface area (TPSA) is 105 Å². The van der Waals surface area contributed by atoms with Gasteiger partial charge in [-0.15, -0.1) is 5.10 Å². The number of nitrogens with zero attached hydrogens (tertiary/aromatic N) is 7. The van der Waals surface area contributed by atoms with E-state index >= 15 is 0 Å². The third-order valence-corrected chi connectivity index (χ3v) is 6.68. The summed E-state index contributed by atoms with van der Waals surface area (Å²) in [5.74, 6) is 1.87. The molecular weight excluding hydrogens is 494 g/mol. The average Bonchev–Trinajstić information content (AvgIpc) is 3.72. The van der Waals surface area contributed by atoms with E-state index < -0.39 is 0 Å². The Labute approximate surface area is 223 Å². The van der Waals surface area contributed by atoms with Crippen molar-refractivity contribution in [1.29, 1.82) is 0 Å². The molecule has 0 amide bonds. The third-order valence-electron chi connectivity index (χ3n) is 6.68. The lowest BCUT2D eigenvalue weighted by Crippen LogP contribution is -2.15. The summed E-state index contributed by atoms with van der Waals surface area (Å²) >= 11 is 0. The van der Waals surface area contributed by atoms with Gasteiger partial charge in [-0.05, 0) is 43.7 Å². The van der Waals surface area contributed by atoms with Crippen molar-refractivity contribution in [2.75, 3.05) is 0 Å². The van der Waals surface area contributed by atoms with E-state index in [1.807, 2.05) is 86.6 Å². The molecule has 10 heteroatoms. The first-order chi connectivity index (χ1) is 19.2. The Morgan fingerprint density at radius 3 is 2.54 bits per heavy atom. The number of oxime groups is 1. The number of rotatable bonds is 6. The molecule has 4 aromatic heterocycles. The SMILES string of the molecule is C/C(=N/OCc1nc2c3c(ncn2n1)Oc1c(c(C)nn1-c1ccccc1)C3c1ccco1)c1ccccc1. The van der Waals surface area contributed by atoms with Gasteiger partial charge in [-0.25, -0.2) is 19.2 Å². The Kier molecular flexibility index (Phi) is 5.43. The average molecular weight is 518 g/mol. The zero-order chi connectivity index (χ0) is 26.3. The Bertz CT molecular complexity index is 1810. The van der Waals surface area contributed by atoms with Crippen LogP contribution in [0.3, 0.4) is 0 Å². The highest BCUT2D eigenvalue weighted by atomic mass is 16.6.